The molecule has 0 fully saturated rings. The second-order valence-corrected chi connectivity index (χ2v) is 3.83. The van der Waals surface area contributed by atoms with E-state index in [2.05, 4.69) is 15.3 Å². The SMILES string of the molecule is CC(C)(CN)Nc1cncc(Cl)n1. The van der Waals surface area contributed by atoms with Crippen LogP contribution in [-0.2, 0) is 0 Å². The Morgan fingerprint density at radius 3 is 2.77 bits per heavy atom. The lowest BCUT2D eigenvalue weighted by atomic mass is 10.1. The molecule has 0 saturated heterocycles. The van der Waals surface area contributed by atoms with Crippen LogP contribution in [-0.4, -0.2) is 22.1 Å². The molecule has 1 heterocycles. The topological polar surface area (TPSA) is 63.8 Å². The standard InChI is InChI=1S/C8H13ClN4/c1-8(2,5-10)13-7-4-11-3-6(9)12-7/h3-4H,5,10H2,1-2H3,(H,12,13). The maximum absolute atomic E-state index is 5.67. The summed E-state index contributed by atoms with van der Waals surface area (Å²) in [5, 5.41) is 3.50. The van der Waals surface area contributed by atoms with E-state index in [-0.39, 0.29) is 5.54 Å². The molecule has 0 aromatic carbocycles. The predicted octanol–water partition coefficient (Wildman–Crippen LogP) is 1.28. The minimum Gasteiger partial charge on any atom is -0.363 e. The van der Waals surface area contributed by atoms with Crippen LogP contribution in [0.2, 0.25) is 5.15 Å². The molecular weight excluding hydrogens is 188 g/mol. The van der Waals surface area contributed by atoms with Gasteiger partial charge in [-0.15, -0.1) is 0 Å². The van der Waals surface area contributed by atoms with Gasteiger partial charge in [-0.2, -0.15) is 0 Å². The fraction of sp³-hybridized carbons (Fsp3) is 0.500. The maximum Gasteiger partial charge on any atom is 0.149 e. The van der Waals surface area contributed by atoms with E-state index in [1.807, 2.05) is 13.8 Å². The highest BCUT2D eigenvalue weighted by Gasteiger charge is 2.15. The van der Waals surface area contributed by atoms with Crippen molar-refractivity contribution in [2.75, 3.05) is 11.9 Å². The van der Waals surface area contributed by atoms with Crippen molar-refractivity contribution >= 4 is 17.4 Å². The van der Waals surface area contributed by atoms with Gasteiger partial charge in [-0.3, -0.25) is 4.98 Å². The summed E-state index contributed by atoms with van der Waals surface area (Å²) in [5.41, 5.74) is 5.35. The zero-order valence-electron chi connectivity index (χ0n) is 7.71. The summed E-state index contributed by atoms with van der Waals surface area (Å²) in [6.45, 7) is 4.48. The quantitative estimate of drug-likeness (QED) is 0.772. The fourth-order valence-electron chi connectivity index (χ4n) is 0.800. The van der Waals surface area contributed by atoms with Gasteiger partial charge in [-0.05, 0) is 13.8 Å². The van der Waals surface area contributed by atoms with Crippen molar-refractivity contribution in [1.29, 1.82) is 0 Å². The number of anilines is 1. The Labute approximate surface area is 82.5 Å². The largest absolute Gasteiger partial charge is 0.363 e. The van der Waals surface area contributed by atoms with Crippen LogP contribution in [0.5, 0.6) is 0 Å². The third kappa shape index (κ3) is 3.16. The molecule has 0 aliphatic heterocycles. The Hall–Kier alpha value is -0.870. The number of rotatable bonds is 3. The Balaban J connectivity index is 2.74. The van der Waals surface area contributed by atoms with Crippen LogP contribution in [0, 0.1) is 0 Å². The van der Waals surface area contributed by atoms with Crippen molar-refractivity contribution in [2.24, 2.45) is 5.73 Å². The van der Waals surface area contributed by atoms with Gasteiger partial charge in [0.05, 0.1) is 12.4 Å². The Morgan fingerprint density at radius 1 is 1.54 bits per heavy atom. The van der Waals surface area contributed by atoms with Crippen LogP contribution in [0.4, 0.5) is 5.82 Å². The van der Waals surface area contributed by atoms with Gasteiger partial charge in [0.25, 0.3) is 0 Å². The summed E-state index contributed by atoms with van der Waals surface area (Å²) in [7, 11) is 0. The minimum atomic E-state index is -0.195. The molecule has 0 aliphatic carbocycles. The fourth-order valence-corrected chi connectivity index (χ4v) is 0.948. The third-order valence-electron chi connectivity index (χ3n) is 1.58. The molecule has 0 unspecified atom stereocenters. The smallest absolute Gasteiger partial charge is 0.149 e. The van der Waals surface area contributed by atoms with Gasteiger partial charge in [0.1, 0.15) is 11.0 Å². The van der Waals surface area contributed by atoms with Crippen LogP contribution < -0.4 is 11.1 Å². The molecule has 0 spiro atoms. The molecule has 13 heavy (non-hydrogen) atoms. The Kier molecular flexibility index (Phi) is 3.06. The average Bonchev–Trinajstić information content (AvgIpc) is 2.03. The zero-order chi connectivity index (χ0) is 9.90. The molecule has 3 N–H and O–H groups in total. The van der Waals surface area contributed by atoms with Crippen molar-refractivity contribution in [2.45, 2.75) is 19.4 Å². The van der Waals surface area contributed by atoms with E-state index >= 15 is 0 Å². The predicted molar refractivity (Wildman–Crippen MR) is 53.8 cm³/mol. The van der Waals surface area contributed by atoms with Gasteiger partial charge < -0.3 is 11.1 Å². The van der Waals surface area contributed by atoms with E-state index in [0.29, 0.717) is 17.5 Å². The van der Waals surface area contributed by atoms with Crippen molar-refractivity contribution in [1.82, 2.24) is 9.97 Å². The highest BCUT2D eigenvalue weighted by molar-refractivity contribution is 6.29. The molecule has 0 amide bonds. The molecular formula is C8H13ClN4. The number of hydrogen-bond acceptors (Lipinski definition) is 4. The number of nitrogens with zero attached hydrogens (tertiary/aromatic N) is 2. The van der Waals surface area contributed by atoms with Crippen molar-refractivity contribution in [3.05, 3.63) is 17.5 Å². The first-order valence-corrected chi connectivity index (χ1v) is 4.37. The second-order valence-electron chi connectivity index (χ2n) is 3.44. The van der Waals surface area contributed by atoms with Crippen LogP contribution in [0.1, 0.15) is 13.8 Å². The summed E-state index contributed by atoms with van der Waals surface area (Å²) in [6, 6.07) is 0. The van der Waals surface area contributed by atoms with Crippen LogP contribution in [0.15, 0.2) is 12.4 Å². The van der Waals surface area contributed by atoms with Gasteiger partial charge in [-0.25, -0.2) is 4.98 Å². The van der Waals surface area contributed by atoms with Crippen molar-refractivity contribution in [3.8, 4) is 0 Å². The summed E-state index contributed by atoms with van der Waals surface area (Å²) in [6.07, 6.45) is 3.10. The van der Waals surface area contributed by atoms with E-state index in [4.69, 9.17) is 17.3 Å². The Morgan fingerprint density at radius 2 is 2.23 bits per heavy atom. The normalized spacial score (nSPS) is 11.4. The molecule has 4 nitrogen and oxygen atoms in total. The van der Waals surface area contributed by atoms with E-state index in [0.717, 1.165) is 0 Å². The number of hydrogen-bond donors (Lipinski definition) is 2. The lowest BCUT2D eigenvalue weighted by Crippen LogP contribution is -2.39. The molecule has 1 aromatic rings. The summed E-state index contributed by atoms with van der Waals surface area (Å²) < 4.78 is 0. The highest BCUT2D eigenvalue weighted by atomic mass is 35.5. The van der Waals surface area contributed by atoms with E-state index in [9.17, 15) is 0 Å². The van der Waals surface area contributed by atoms with E-state index in [1.54, 1.807) is 6.20 Å². The number of halogens is 1. The summed E-state index contributed by atoms with van der Waals surface area (Å²) in [4.78, 5) is 7.95. The van der Waals surface area contributed by atoms with E-state index in [1.165, 1.54) is 6.20 Å². The molecule has 0 atom stereocenters. The van der Waals surface area contributed by atoms with Crippen LogP contribution >= 0.6 is 11.6 Å². The molecule has 1 rings (SSSR count). The second kappa shape index (κ2) is 3.89. The molecule has 1 aromatic heterocycles. The van der Waals surface area contributed by atoms with Crippen molar-refractivity contribution < 1.29 is 0 Å². The molecule has 0 saturated carbocycles. The first kappa shape index (κ1) is 10.2. The molecule has 0 aliphatic rings. The molecule has 5 heteroatoms. The first-order valence-electron chi connectivity index (χ1n) is 3.99. The maximum atomic E-state index is 5.67. The number of nitrogens with two attached hydrogens (primary N) is 1. The lowest BCUT2D eigenvalue weighted by Gasteiger charge is -2.24. The van der Waals surface area contributed by atoms with Gasteiger partial charge in [0.2, 0.25) is 0 Å². The molecule has 0 bridgehead atoms. The number of nitrogens with one attached hydrogen (secondary N) is 1. The van der Waals surface area contributed by atoms with Gasteiger partial charge >= 0.3 is 0 Å². The highest BCUT2D eigenvalue weighted by Crippen LogP contribution is 2.12. The average molecular weight is 201 g/mol. The monoisotopic (exact) mass is 200 g/mol. The third-order valence-corrected chi connectivity index (χ3v) is 1.76. The van der Waals surface area contributed by atoms with Crippen LogP contribution in [0.25, 0.3) is 0 Å². The van der Waals surface area contributed by atoms with E-state index < -0.39 is 0 Å². The van der Waals surface area contributed by atoms with Crippen molar-refractivity contribution in [3.63, 3.8) is 0 Å². The number of aromatic nitrogens is 2. The summed E-state index contributed by atoms with van der Waals surface area (Å²) >= 11 is 5.67. The lowest BCUT2D eigenvalue weighted by molar-refractivity contribution is 0.577. The van der Waals surface area contributed by atoms with Gasteiger partial charge in [0.15, 0.2) is 0 Å². The van der Waals surface area contributed by atoms with Crippen LogP contribution in [0.3, 0.4) is 0 Å². The Bertz CT molecular complexity index is 287. The minimum absolute atomic E-state index is 0.195. The molecule has 72 valence electrons. The van der Waals surface area contributed by atoms with Gasteiger partial charge in [-0.1, -0.05) is 11.6 Å². The summed E-state index contributed by atoms with van der Waals surface area (Å²) in [5.74, 6) is 0.642. The molecule has 0 radical (unpaired) electrons. The zero-order valence-corrected chi connectivity index (χ0v) is 8.47. The van der Waals surface area contributed by atoms with Gasteiger partial charge in [0, 0.05) is 12.1 Å². The first-order chi connectivity index (χ1) is 6.03.